The standard InChI is InChI=1S/C16H17ClF2N2.C2HF3O2/c1-10(9-15-13(17)6-4-8-20-15)21-11(2)12-5-3-7-14(18)16(12)19;3-2(4,5)1(6)7/h3-8,10-11,21H,9H2,1-2H3;(H,6,7). The number of carbonyl (C=O) groups is 1. The fourth-order valence-corrected chi connectivity index (χ4v) is 2.49. The Morgan fingerprint density at radius 1 is 1.21 bits per heavy atom. The van der Waals surface area contributed by atoms with Crippen LogP contribution in [0.5, 0.6) is 0 Å². The van der Waals surface area contributed by atoms with E-state index in [0.717, 1.165) is 11.8 Å². The molecule has 0 amide bonds. The molecule has 0 aliphatic heterocycles. The van der Waals surface area contributed by atoms with E-state index in [1.165, 1.54) is 6.07 Å². The van der Waals surface area contributed by atoms with Crippen LogP contribution in [0, 0.1) is 11.6 Å². The van der Waals surface area contributed by atoms with Gasteiger partial charge in [0.15, 0.2) is 11.6 Å². The summed E-state index contributed by atoms with van der Waals surface area (Å²) >= 11 is 6.07. The number of pyridine rings is 1. The molecule has 2 rings (SSSR count). The van der Waals surface area contributed by atoms with Crippen LogP contribution >= 0.6 is 11.6 Å². The van der Waals surface area contributed by atoms with Crippen molar-refractivity contribution in [1.29, 1.82) is 0 Å². The first-order valence-corrected chi connectivity index (χ1v) is 8.40. The van der Waals surface area contributed by atoms with E-state index in [-0.39, 0.29) is 12.1 Å². The highest BCUT2D eigenvalue weighted by atomic mass is 35.5. The van der Waals surface area contributed by atoms with Gasteiger partial charge in [0.1, 0.15) is 0 Å². The van der Waals surface area contributed by atoms with Crippen molar-refractivity contribution in [2.75, 3.05) is 0 Å². The number of alkyl halides is 3. The molecule has 4 nitrogen and oxygen atoms in total. The van der Waals surface area contributed by atoms with Crippen LogP contribution in [-0.2, 0) is 11.2 Å². The minimum atomic E-state index is -5.08. The van der Waals surface area contributed by atoms with Crippen molar-refractivity contribution in [2.45, 2.75) is 38.5 Å². The molecule has 1 aromatic heterocycles. The molecule has 2 N–H and O–H groups in total. The predicted octanol–water partition coefficient (Wildman–Crippen LogP) is 4.93. The van der Waals surface area contributed by atoms with Crippen LogP contribution in [0.25, 0.3) is 0 Å². The lowest BCUT2D eigenvalue weighted by Gasteiger charge is -2.21. The van der Waals surface area contributed by atoms with Gasteiger partial charge in [-0.1, -0.05) is 23.7 Å². The Morgan fingerprint density at radius 2 is 1.82 bits per heavy atom. The Kier molecular flexibility index (Phi) is 8.77. The van der Waals surface area contributed by atoms with Crippen LogP contribution in [0.1, 0.15) is 31.1 Å². The smallest absolute Gasteiger partial charge is 0.475 e. The van der Waals surface area contributed by atoms with Gasteiger partial charge in [-0.2, -0.15) is 13.2 Å². The third kappa shape index (κ3) is 7.40. The summed E-state index contributed by atoms with van der Waals surface area (Å²) < 4.78 is 58.7. The average molecular weight is 425 g/mol. The fourth-order valence-electron chi connectivity index (χ4n) is 2.29. The zero-order valence-electron chi connectivity index (χ0n) is 14.9. The number of carboxylic acid groups (broad SMARTS) is 1. The van der Waals surface area contributed by atoms with E-state index in [1.807, 2.05) is 6.92 Å². The molecule has 0 saturated carbocycles. The predicted molar refractivity (Wildman–Crippen MR) is 94.0 cm³/mol. The maximum Gasteiger partial charge on any atom is 0.490 e. The topological polar surface area (TPSA) is 62.2 Å². The lowest BCUT2D eigenvalue weighted by atomic mass is 10.1. The summed E-state index contributed by atoms with van der Waals surface area (Å²) in [5.41, 5.74) is 1.10. The van der Waals surface area contributed by atoms with E-state index >= 15 is 0 Å². The third-order valence-electron chi connectivity index (χ3n) is 3.56. The molecule has 2 aromatic rings. The van der Waals surface area contributed by atoms with Crippen molar-refractivity contribution in [2.24, 2.45) is 0 Å². The third-order valence-corrected chi connectivity index (χ3v) is 3.90. The average Bonchev–Trinajstić information content (AvgIpc) is 2.59. The fraction of sp³-hybridized carbons (Fsp3) is 0.333. The van der Waals surface area contributed by atoms with E-state index in [9.17, 15) is 22.0 Å². The van der Waals surface area contributed by atoms with Gasteiger partial charge in [-0.15, -0.1) is 0 Å². The second-order valence-corrected chi connectivity index (χ2v) is 6.28. The van der Waals surface area contributed by atoms with E-state index < -0.39 is 23.8 Å². The van der Waals surface area contributed by atoms with E-state index in [0.29, 0.717) is 17.0 Å². The number of nitrogens with zero attached hydrogens (tertiary/aromatic N) is 1. The summed E-state index contributed by atoms with van der Waals surface area (Å²) in [7, 11) is 0. The summed E-state index contributed by atoms with van der Waals surface area (Å²) in [6.07, 6.45) is -2.79. The van der Waals surface area contributed by atoms with Crippen molar-refractivity contribution in [3.05, 3.63) is 64.4 Å². The zero-order valence-corrected chi connectivity index (χ0v) is 15.7. The molecule has 154 valence electrons. The first-order chi connectivity index (χ1) is 12.9. The summed E-state index contributed by atoms with van der Waals surface area (Å²) in [5, 5.41) is 11.0. The highest BCUT2D eigenvalue weighted by Crippen LogP contribution is 2.20. The molecular weight excluding hydrogens is 407 g/mol. The Bertz CT molecular complexity index is 802. The molecule has 0 radical (unpaired) electrons. The van der Waals surface area contributed by atoms with Gasteiger partial charge < -0.3 is 10.4 Å². The molecule has 0 spiro atoms. The van der Waals surface area contributed by atoms with Gasteiger partial charge in [0, 0.05) is 30.3 Å². The molecule has 28 heavy (non-hydrogen) atoms. The van der Waals surface area contributed by atoms with Crippen LogP contribution in [0.15, 0.2) is 36.5 Å². The lowest BCUT2D eigenvalue weighted by molar-refractivity contribution is -0.192. The van der Waals surface area contributed by atoms with Crippen LogP contribution < -0.4 is 5.32 Å². The normalized spacial score (nSPS) is 13.3. The largest absolute Gasteiger partial charge is 0.490 e. The Morgan fingerprint density at radius 3 is 2.36 bits per heavy atom. The monoisotopic (exact) mass is 424 g/mol. The van der Waals surface area contributed by atoms with Gasteiger partial charge in [-0.3, -0.25) is 4.98 Å². The quantitative estimate of drug-likeness (QED) is 0.668. The summed E-state index contributed by atoms with van der Waals surface area (Å²) in [6.45, 7) is 3.76. The zero-order chi connectivity index (χ0) is 21.5. The van der Waals surface area contributed by atoms with Crippen molar-refractivity contribution < 1.29 is 31.9 Å². The number of nitrogens with one attached hydrogen (secondary N) is 1. The SMILES string of the molecule is CC(Cc1ncccc1Cl)NC(C)c1cccc(F)c1F.O=C(O)C(F)(F)F. The number of aromatic nitrogens is 1. The summed E-state index contributed by atoms with van der Waals surface area (Å²) in [6, 6.07) is 7.47. The minimum absolute atomic E-state index is 0.0232. The van der Waals surface area contributed by atoms with Crippen LogP contribution in [0.4, 0.5) is 22.0 Å². The molecule has 0 saturated heterocycles. The van der Waals surface area contributed by atoms with Gasteiger partial charge in [0.2, 0.25) is 0 Å². The summed E-state index contributed by atoms with van der Waals surface area (Å²) in [5.74, 6) is -4.39. The van der Waals surface area contributed by atoms with Crippen molar-refractivity contribution in [3.63, 3.8) is 0 Å². The van der Waals surface area contributed by atoms with Crippen LogP contribution in [0.2, 0.25) is 5.02 Å². The molecular formula is C18H18ClF5N2O2. The Hall–Kier alpha value is -2.26. The van der Waals surface area contributed by atoms with E-state index in [2.05, 4.69) is 10.3 Å². The van der Waals surface area contributed by atoms with E-state index in [4.69, 9.17) is 21.5 Å². The number of halogens is 6. The van der Waals surface area contributed by atoms with Crippen molar-refractivity contribution in [1.82, 2.24) is 10.3 Å². The van der Waals surface area contributed by atoms with Gasteiger partial charge in [0.05, 0.1) is 10.7 Å². The molecule has 1 heterocycles. The molecule has 10 heteroatoms. The number of aliphatic carboxylic acids is 1. The maximum absolute atomic E-state index is 13.7. The molecule has 1 aromatic carbocycles. The van der Waals surface area contributed by atoms with Gasteiger partial charge in [-0.05, 0) is 32.0 Å². The summed E-state index contributed by atoms with van der Waals surface area (Å²) in [4.78, 5) is 13.1. The Labute approximate surface area is 163 Å². The van der Waals surface area contributed by atoms with Crippen LogP contribution in [0.3, 0.4) is 0 Å². The second kappa shape index (κ2) is 10.3. The highest BCUT2D eigenvalue weighted by Gasteiger charge is 2.38. The van der Waals surface area contributed by atoms with E-state index in [1.54, 1.807) is 31.3 Å². The highest BCUT2D eigenvalue weighted by molar-refractivity contribution is 6.31. The van der Waals surface area contributed by atoms with Crippen molar-refractivity contribution in [3.8, 4) is 0 Å². The molecule has 0 aliphatic rings. The molecule has 0 fully saturated rings. The second-order valence-electron chi connectivity index (χ2n) is 5.87. The minimum Gasteiger partial charge on any atom is -0.475 e. The van der Waals surface area contributed by atoms with Crippen molar-refractivity contribution >= 4 is 17.6 Å². The number of hydrogen-bond acceptors (Lipinski definition) is 3. The molecule has 2 unspecified atom stereocenters. The van der Waals surface area contributed by atoms with Gasteiger partial charge in [-0.25, -0.2) is 13.6 Å². The van der Waals surface area contributed by atoms with Gasteiger partial charge in [0.25, 0.3) is 0 Å². The first-order valence-electron chi connectivity index (χ1n) is 8.03. The molecule has 2 atom stereocenters. The number of carboxylic acids is 1. The number of benzene rings is 1. The van der Waals surface area contributed by atoms with Crippen LogP contribution in [-0.4, -0.2) is 28.3 Å². The Balaban J connectivity index is 0.000000480. The molecule has 0 bridgehead atoms. The first kappa shape index (κ1) is 23.8. The number of rotatable bonds is 5. The maximum atomic E-state index is 13.7. The van der Waals surface area contributed by atoms with Gasteiger partial charge >= 0.3 is 12.1 Å². The number of hydrogen-bond donors (Lipinski definition) is 2. The molecule has 0 aliphatic carbocycles. The lowest BCUT2D eigenvalue weighted by Crippen LogP contribution is -2.31.